The lowest BCUT2D eigenvalue weighted by atomic mass is 10.0. The van der Waals surface area contributed by atoms with Gasteiger partial charge < -0.3 is 9.94 Å². The highest BCUT2D eigenvalue weighted by Gasteiger charge is 2.07. The third kappa shape index (κ3) is 3.35. The fraction of sp³-hybridized carbons (Fsp3) is 0.188. The molecule has 1 N–H and O–H groups in total. The van der Waals surface area contributed by atoms with Gasteiger partial charge in [-0.25, -0.2) is 0 Å². The van der Waals surface area contributed by atoms with Crippen LogP contribution in [-0.2, 0) is 0 Å². The van der Waals surface area contributed by atoms with E-state index in [0.717, 1.165) is 17.1 Å². The summed E-state index contributed by atoms with van der Waals surface area (Å²) in [5, 5.41) is 11.5. The SMILES string of the molecule is CC(C)c1ccccc1Oc1ccc(/C=N/O)cc1. The van der Waals surface area contributed by atoms with E-state index in [-0.39, 0.29) is 0 Å². The van der Waals surface area contributed by atoms with Gasteiger partial charge in [-0.2, -0.15) is 0 Å². The Morgan fingerprint density at radius 3 is 2.37 bits per heavy atom. The highest BCUT2D eigenvalue weighted by molar-refractivity contribution is 5.79. The number of benzene rings is 2. The van der Waals surface area contributed by atoms with Crippen LogP contribution in [0.25, 0.3) is 0 Å². The second kappa shape index (κ2) is 6.05. The van der Waals surface area contributed by atoms with Crippen molar-refractivity contribution in [2.75, 3.05) is 0 Å². The number of hydrogen-bond acceptors (Lipinski definition) is 3. The summed E-state index contributed by atoms with van der Waals surface area (Å²) in [6.07, 6.45) is 1.38. The lowest BCUT2D eigenvalue weighted by Gasteiger charge is -2.13. The molecule has 98 valence electrons. The fourth-order valence-electron chi connectivity index (χ4n) is 1.87. The first-order chi connectivity index (χ1) is 9.20. The average molecular weight is 255 g/mol. The highest BCUT2D eigenvalue weighted by atomic mass is 16.5. The molecule has 0 unspecified atom stereocenters. The van der Waals surface area contributed by atoms with Crippen molar-refractivity contribution in [3.63, 3.8) is 0 Å². The van der Waals surface area contributed by atoms with E-state index in [4.69, 9.17) is 9.94 Å². The quantitative estimate of drug-likeness (QED) is 0.499. The molecule has 0 saturated heterocycles. The van der Waals surface area contributed by atoms with Crippen molar-refractivity contribution >= 4 is 6.21 Å². The maximum Gasteiger partial charge on any atom is 0.130 e. The number of hydrogen-bond donors (Lipinski definition) is 1. The van der Waals surface area contributed by atoms with Gasteiger partial charge in [-0.15, -0.1) is 0 Å². The second-order valence-corrected chi connectivity index (χ2v) is 4.61. The summed E-state index contributed by atoms with van der Waals surface area (Å²) in [7, 11) is 0. The van der Waals surface area contributed by atoms with Gasteiger partial charge in [0.2, 0.25) is 0 Å². The van der Waals surface area contributed by atoms with Crippen molar-refractivity contribution in [2.24, 2.45) is 5.16 Å². The molecule has 3 heteroatoms. The minimum Gasteiger partial charge on any atom is -0.457 e. The molecule has 0 spiro atoms. The van der Waals surface area contributed by atoms with Crippen LogP contribution in [0.3, 0.4) is 0 Å². The maximum atomic E-state index is 8.46. The number of ether oxygens (including phenoxy) is 1. The zero-order valence-electron chi connectivity index (χ0n) is 11.1. The largest absolute Gasteiger partial charge is 0.457 e. The second-order valence-electron chi connectivity index (χ2n) is 4.61. The van der Waals surface area contributed by atoms with E-state index in [0.29, 0.717) is 5.92 Å². The number of oxime groups is 1. The molecule has 0 saturated carbocycles. The van der Waals surface area contributed by atoms with Crippen molar-refractivity contribution in [1.82, 2.24) is 0 Å². The summed E-state index contributed by atoms with van der Waals surface area (Å²) in [6.45, 7) is 4.28. The molecular formula is C16H17NO2. The van der Waals surface area contributed by atoms with Crippen LogP contribution in [0.1, 0.15) is 30.9 Å². The van der Waals surface area contributed by atoms with Crippen molar-refractivity contribution in [2.45, 2.75) is 19.8 Å². The Labute approximate surface area is 113 Å². The van der Waals surface area contributed by atoms with Crippen molar-refractivity contribution < 1.29 is 9.94 Å². The topological polar surface area (TPSA) is 41.8 Å². The van der Waals surface area contributed by atoms with Crippen LogP contribution in [0.4, 0.5) is 0 Å². The number of para-hydroxylation sites is 1. The van der Waals surface area contributed by atoms with Crippen molar-refractivity contribution in [3.8, 4) is 11.5 Å². The van der Waals surface area contributed by atoms with E-state index in [1.165, 1.54) is 11.8 Å². The monoisotopic (exact) mass is 255 g/mol. The Kier molecular flexibility index (Phi) is 4.18. The van der Waals surface area contributed by atoms with Gasteiger partial charge in [0.1, 0.15) is 11.5 Å². The molecule has 19 heavy (non-hydrogen) atoms. The molecule has 2 aromatic carbocycles. The first-order valence-corrected chi connectivity index (χ1v) is 6.25. The highest BCUT2D eigenvalue weighted by Crippen LogP contribution is 2.30. The normalized spacial score (nSPS) is 11.1. The van der Waals surface area contributed by atoms with Crippen LogP contribution >= 0.6 is 0 Å². The van der Waals surface area contributed by atoms with E-state index in [2.05, 4.69) is 25.1 Å². The van der Waals surface area contributed by atoms with Crippen LogP contribution in [-0.4, -0.2) is 11.4 Å². The molecule has 0 atom stereocenters. The molecule has 0 fully saturated rings. The minimum absolute atomic E-state index is 0.414. The minimum atomic E-state index is 0.414. The van der Waals surface area contributed by atoms with Crippen LogP contribution in [0.5, 0.6) is 11.5 Å². The molecule has 2 rings (SSSR count). The molecule has 0 aliphatic rings. The van der Waals surface area contributed by atoms with Crippen LogP contribution in [0.2, 0.25) is 0 Å². The van der Waals surface area contributed by atoms with E-state index < -0.39 is 0 Å². The van der Waals surface area contributed by atoms with Gasteiger partial charge in [-0.05, 0) is 47.4 Å². The lowest BCUT2D eigenvalue weighted by molar-refractivity contribution is 0.322. The van der Waals surface area contributed by atoms with E-state index in [1.54, 1.807) is 0 Å². The van der Waals surface area contributed by atoms with E-state index in [9.17, 15) is 0 Å². The Morgan fingerprint density at radius 2 is 1.74 bits per heavy atom. The van der Waals surface area contributed by atoms with Gasteiger partial charge in [0.15, 0.2) is 0 Å². The van der Waals surface area contributed by atoms with Crippen LogP contribution in [0.15, 0.2) is 53.7 Å². The summed E-state index contributed by atoms with van der Waals surface area (Å²) in [4.78, 5) is 0. The first-order valence-electron chi connectivity index (χ1n) is 6.25. The van der Waals surface area contributed by atoms with Crippen molar-refractivity contribution in [1.29, 1.82) is 0 Å². The maximum absolute atomic E-state index is 8.46. The molecule has 0 aliphatic carbocycles. The first kappa shape index (κ1) is 13.1. The molecule has 0 aromatic heterocycles. The third-order valence-electron chi connectivity index (χ3n) is 2.86. The smallest absolute Gasteiger partial charge is 0.130 e. The van der Waals surface area contributed by atoms with Gasteiger partial charge in [-0.3, -0.25) is 0 Å². The number of rotatable bonds is 4. The van der Waals surface area contributed by atoms with Crippen LogP contribution in [0, 0.1) is 0 Å². The summed E-state index contributed by atoms with van der Waals surface area (Å²) >= 11 is 0. The molecule has 0 aliphatic heterocycles. The lowest BCUT2D eigenvalue weighted by Crippen LogP contribution is -1.93. The molecule has 0 radical (unpaired) electrons. The van der Waals surface area contributed by atoms with Gasteiger partial charge >= 0.3 is 0 Å². The van der Waals surface area contributed by atoms with Gasteiger partial charge in [0, 0.05) is 0 Å². The molecular weight excluding hydrogens is 238 g/mol. The molecule has 3 nitrogen and oxygen atoms in total. The Hall–Kier alpha value is -2.29. The summed E-state index contributed by atoms with van der Waals surface area (Å²) in [5.41, 5.74) is 2.01. The van der Waals surface area contributed by atoms with Crippen LogP contribution < -0.4 is 4.74 Å². The number of nitrogens with zero attached hydrogens (tertiary/aromatic N) is 1. The van der Waals surface area contributed by atoms with Crippen molar-refractivity contribution in [3.05, 3.63) is 59.7 Å². The summed E-state index contributed by atoms with van der Waals surface area (Å²) in [5.74, 6) is 2.06. The zero-order chi connectivity index (χ0) is 13.7. The third-order valence-corrected chi connectivity index (χ3v) is 2.86. The van der Waals surface area contributed by atoms with E-state index in [1.807, 2.05) is 42.5 Å². The molecule has 0 heterocycles. The van der Waals surface area contributed by atoms with E-state index >= 15 is 0 Å². The Bertz CT molecular complexity index is 559. The Morgan fingerprint density at radius 1 is 1.05 bits per heavy atom. The van der Waals surface area contributed by atoms with Gasteiger partial charge in [-0.1, -0.05) is 37.2 Å². The van der Waals surface area contributed by atoms with Gasteiger partial charge in [0.25, 0.3) is 0 Å². The zero-order valence-corrected chi connectivity index (χ0v) is 11.1. The predicted octanol–water partition coefficient (Wildman–Crippen LogP) is 4.41. The average Bonchev–Trinajstić information content (AvgIpc) is 2.42. The standard InChI is InChI=1S/C16H17NO2/c1-12(2)15-5-3-4-6-16(15)19-14-9-7-13(8-10-14)11-17-18/h3-12,18H,1-2H3/b17-11+. The summed E-state index contributed by atoms with van der Waals surface area (Å²) in [6, 6.07) is 15.4. The molecule has 2 aromatic rings. The Balaban J connectivity index is 2.21. The summed E-state index contributed by atoms with van der Waals surface area (Å²) < 4.78 is 5.90. The molecule has 0 amide bonds. The molecule has 0 bridgehead atoms. The fourth-order valence-corrected chi connectivity index (χ4v) is 1.87. The van der Waals surface area contributed by atoms with Gasteiger partial charge in [0.05, 0.1) is 6.21 Å². The predicted molar refractivity (Wildman–Crippen MR) is 76.4 cm³/mol.